The summed E-state index contributed by atoms with van der Waals surface area (Å²) in [5, 5.41) is 4.00. The number of hydrogen-bond donors (Lipinski definition) is 1. The van der Waals surface area contributed by atoms with Crippen molar-refractivity contribution < 1.29 is 9.53 Å². The second-order valence-electron chi connectivity index (χ2n) is 7.10. The molecule has 0 unspecified atom stereocenters. The van der Waals surface area contributed by atoms with Crippen LogP contribution >= 0.6 is 15.9 Å². The van der Waals surface area contributed by atoms with Gasteiger partial charge in [-0.3, -0.25) is 4.79 Å². The van der Waals surface area contributed by atoms with Crippen LogP contribution in [0.25, 0.3) is 0 Å². The molecule has 0 aliphatic heterocycles. The van der Waals surface area contributed by atoms with Gasteiger partial charge in [0.2, 0.25) is 0 Å². The Labute approximate surface area is 182 Å². The fraction of sp³-hybridized carbons (Fsp3) is 0.417. The number of carbonyl (C=O) groups excluding carboxylic acids is 1. The van der Waals surface area contributed by atoms with Crippen molar-refractivity contribution in [1.29, 1.82) is 0 Å². The van der Waals surface area contributed by atoms with Crippen LogP contribution < -0.4 is 10.2 Å². The molecule has 0 atom stereocenters. The zero-order chi connectivity index (χ0) is 20.7. The molecule has 4 nitrogen and oxygen atoms in total. The van der Waals surface area contributed by atoms with Crippen molar-refractivity contribution in [1.82, 2.24) is 5.43 Å². The molecule has 0 aromatic heterocycles. The van der Waals surface area contributed by atoms with Gasteiger partial charge in [-0.15, -0.1) is 0 Å². The van der Waals surface area contributed by atoms with Crippen LogP contribution in [-0.4, -0.2) is 18.7 Å². The maximum absolute atomic E-state index is 12.2. The topological polar surface area (TPSA) is 50.7 Å². The summed E-state index contributed by atoms with van der Waals surface area (Å²) in [6, 6.07) is 14.9. The van der Waals surface area contributed by atoms with E-state index in [1.54, 1.807) is 18.3 Å². The minimum atomic E-state index is -0.243. The van der Waals surface area contributed by atoms with Gasteiger partial charge >= 0.3 is 0 Å². The second-order valence-corrected chi connectivity index (χ2v) is 8.01. The highest BCUT2D eigenvalue weighted by molar-refractivity contribution is 9.10. The van der Waals surface area contributed by atoms with Crippen LogP contribution in [0.15, 0.2) is 58.1 Å². The molecule has 1 amide bonds. The fourth-order valence-electron chi connectivity index (χ4n) is 2.91. The van der Waals surface area contributed by atoms with Crippen molar-refractivity contribution in [3.05, 3.63) is 64.1 Å². The Morgan fingerprint density at radius 3 is 2.21 bits per heavy atom. The lowest BCUT2D eigenvalue weighted by Crippen LogP contribution is -2.17. The van der Waals surface area contributed by atoms with Crippen LogP contribution in [-0.2, 0) is 0 Å². The third-order valence-electron chi connectivity index (χ3n) is 4.63. The van der Waals surface area contributed by atoms with E-state index in [-0.39, 0.29) is 5.91 Å². The van der Waals surface area contributed by atoms with Crippen molar-refractivity contribution in [3.8, 4) is 5.75 Å². The normalized spacial score (nSPS) is 11.0. The number of amides is 1. The van der Waals surface area contributed by atoms with Crippen molar-refractivity contribution in [2.24, 2.45) is 5.10 Å². The van der Waals surface area contributed by atoms with Crippen LogP contribution in [0.2, 0.25) is 0 Å². The maximum atomic E-state index is 12.2. The first kappa shape index (κ1) is 23.1. The Morgan fingerprint density at radius 2 is 1.55 bits per heavy atom. The molecule has 0 spiro atoms. The van der Waals surface area contributed by atoms with Gasteiger partial charge in [-0.2, -0.15) is 5.10 Å². The van der Waals surface area contributed by atoms with Gasteiger partial charge in [0.15, 0.2) is 0 Å². The Balaban J connectivity index is 1.63. The van der Waals surface area contributed by atoms with Crippen LogP contribution in [0, 0.1) is 0 Å². The van der Waals surface area contributed by atoms with E-state index in [0.29, 0.717) is 5.56 Å². The predicted molar refractivity (Wildman–Crippen MR) is 124 cm³/mol. The molecular weight excluding hydrogens is 428 g/mol. The Morgan fingerprint density at radius 1 is 0.931 bits per heavy atom. The molecule has 2 aromatic rings. The van der Waals surface area contributed by atoms with Gasteiger partial charge in [-0.05, 0) is 48.4 Å². The summed E-state index contributed by atoms with van der Waals surface area (Å²) in [6.45, 7) is 2.97. The van der Waals surface area contributed by atoms with E-state index in [1.165, 1.54) is 44.9 Å². The molecule has 1 N–H and O–H groups in total. The summed E-state index contributed by atoms with van der Waals surface area (Å²) in [5.41, 5.74) is 4.01. The van der Waals surface area contributed by atoms with Gasteiger partial charge in [0, 0.05) is 10.0 Å². The van der Waals surface area contributed by atoms with Crippen LogP contribution in [0.5, 0.6) is 5.75 Å². The van der Waals surface area contributed by atoms with Crippen LogP contribution in [0.1, 0.15) is 74.2 Å². The second kappa shape index (κ2) is 13.9. The molecule has 0 aliphatic carbocycles. The van der Waals surface area contributed by atoms with Crippen molar-refractivity contribution >= 4 is 28.1 Å². The monoisotopic (exact) mass is 458 g/mol. The zero-order valence-electron chi connectivity index (χ0n) is 17.2. The zero-order valence-corrected chi connectivity index (χ0v) is 18.8. The number of nitrogens with one attached hydrogen (secondary N) is 1. The summed E-state index contributed by atoms with van der Waals surface area (Å²) in [6.07, 6.45) is 11.9. The number of benzene rings is 2. The quantitative estimate of drug-likeness (QED) is 0.205. The fourth-order valence-corrected chi connectivity index (χ4v) is 3.17. The highest BCUT2D eigenvalue weighted by Gasteiger charge is 2.04. The van der Waals surface area contributed by atoms with Crippen LogP contribution in [0.3, 0.4) is 0 Å². The van der Waals surface area contributed by atoms with Gasteiger partial charge in [-0.25, -0.2) is 5.43 Å². The number of nitrogens with zero attached hydrogens (tertiary/aromatic N) is 1. The number of unbranched alkanes of at least 4 members (excludes halogenated alkanes) is 7. The van der Waals surface area contributed by atoms with Gasteiger partial charge in [-0.1, -0.05) is 79.9 Å². The van der Waals surface area contributed by atoms with E-state index >= 15 is 0 Å². The average molecular weight is 459 g/mol. The van der Waals surface area contributed by atoms with E-state index in [2.05, 4.69) is 33.4 Å². The lowest BCUT2D eigenvalue weighted by molar-refractivity contribution is 0.0955. The summed E-state index contributed by atoms with van der Waals surface area (Å²) in [7, 11) is 0. The first-order chi connectivity index (χ1) is 14.2. The lowest BCUT2D eigenvalue weighted by Gasteiger charge is -2.07. The number of hydrogen-bond acceptors (Lipinski definition) is 3. The summed E-state index contributed by atoms with van der Waals surface area (Å²) < 4.78 is 6.77. The van der Waals surface area contributed by atoms with Gasteiger partial charge in [0.05, 0.1) is 12.8 Å². The number of hydrazone groups is 1. The molecule has 29 heavy (non-hydrogen) atoms. The minimum absolute atomic E-state index is 0.243. The first-order valence-corrected chi connectivity index (χ1v) is 11.3. The predicted octanol–water partition coefficient (Wildman–Crippen LogP) is 6.73. The third-order valence-corrected chi connectivity index (χ3v) is 5.16. The third kappa shape index (κ3) is 9.75. The molecule has 0 saturated heterocycles. The molecule has 0 radical (unpaired) electrons. The summed E-state index contributed by atoms with van der Waals surface area (Å²) in [5.74, 6) is 0.552. The Hall–Kier alpha value is -2.14. The summed E-state index contributed by atoms with van der Waals surface area (Å²) in [4.78, 5) is 12.2. The van der Waals surface area contributed by atoms with E-state index < -0.39 is 0 Å². The van der Waals surface area contributed by atoms with Crippen molar-refractivity contribution in [3.63, 3.8) is 0 Å². The average Bonchev–Trinajstić information content (AvgIpc) is 2.74. The highest BCUT2D eigenvalue weighted by Crippen LogP contribution is 2.14. The molecule has 2 aromatic carbocycles. The number of rotatable bonds is 13. The first-order valence-electron chi connectivity index (χ1n) is 10.5. The van der Waals surface area contributed by atoms with E-state index in [0.717, 1.165) is 28.8 Å². The summed E-state index contributed by atoms with van der Waals surface area (Å²) >= 11 is 3.39. The Bertz CT molecular complexity index is 742. The molecule has 5 heteroatoms. The standard InChI is InChI=1S/C24H31BrN2O2/c1-2-3-4-5-6-7-8-9-18-29-23-16-12-21(13-17-23)24(28)27-26-19-20-10-14-22(25)15-11-20/h10-17,19H,2-9,18H2,1H3,(H,27,28). The van der Waals surface area contributed by atoms with Gasteiger partial charge < -0.3 is 4.74 Å². The van der Waals surface area contributed by atoms with E-state index in [1.807, 2.05) is 36.4 Å². The highest BCUT2D eigenvalue weighted by atomic mass is 79.9. The van der Waals surface area contributed by atoms with E-state index in [9.17, 15) is 4.79 Å². The number of ether oxygens (including phenoxy) is 1. The molecule has 0 fully saturated rings. The molecule has 0 bridgehead atoms. The van der Waals surface area contributed by atoms with Gasteiger partial charge in [0.1, 0.15) is 5.75 Å². The van der Waals surface area contributed by atoms with Crippen molar-refractivity contribution in [2.45, 2.75) is 58.3 Å². The van der Waals surface area contributed by atoms with Gasteiger partial charge in [0.25, 0.3) is 5.91 Å². The molecular formula is C24H31BrN2O2. The smallest absolute Gasteiger partial charge is 0.271 e. The SMILES string of the molecule is CCCCCCCCCCOc1ccc(C(=O)NN=Cc2ccc(Br)cc2)cc1. The number of halogens is 1. The molecule has 156 valence electrons. The maximum Gasteiger partial charge on any atom is 0.271 e. The molecule has 0 saturated carbocycles. The molecule has 0 aliphatic rings. The molecule has 0 heterocycles. The van der Waals surface area contributed by atoms with E-state index in [4.69, 9.17) is 4.74 Å². The minimum Gasteiger partial charge on any atom is -0.494 e. The largest absolute Gasteiger partial charge is 0.494 e. The molecule has 2 rings (SSSR count). The van der Waals surface area contributed by atoms with Crippen LogP contribution in [0.4, 0.5) is 0 Å². The van der Waals surface area contributed by atoms with Crippen molar-refractivity contribution in [2.75, 3.05) is 6.61 Å². The number of carbonyl (C=O) groups is 1. The lowest BCUT2D eigenvalue weighted by atomic mass is 10.1. The Kier molecular flexibility index (Phi) is 11.1.